The molecule has 0 saturated heterocycles. The molecule has 0 amide bonds. The van der Waals surface area contributed by atoms with Crippen molar-refractivity contribution in [2.75, 3.05) is 6.26 Å². The monoisotopic (exact) mass is 318 g/mol. The van der Waals surface area contributed by atoms with E-state index >= 15 is 0 Å². The summed E-state index contributed by atoms with van der Waals surface area (Å²) in [6.07, 6.45) is 1.07. The van der Waals surface area contributed by atoms with Gasteiger partial charge in [-0.1, -0.05) is 0 Å². The molecule has 6 nitrogen and oxygen atoms in total. The number of nitrogens with zero attached hydrogens (tertiary/aromatic N) is 1. The Morgan fingerprint density at radius 1 is 1.41 bits per heavy atom. The number of nitro benzene ring substituents is 1. The molecule has 2 aromatic rings. The van der Waals surface area contributed by atoms with Crippen LogP contribution in [0.15, 0.2) is 27.7 Å². The van der Waals surface area contributed by atoms with Gasteiger partial charge in [0.1, 0.15) is 5.03 Å². The SMILES string of the molecule is CS(=O)(=O)c1[nH]c2cc([N+](=O)[O-])ccc2c1Br. The lowest BCUT2D eigenvalue weighted by atomic mass is 10.2. The highest BCUT2D eigenvalue weighted by atomic mass is 79.9. The predicted octanol–water partition coefficient (Wildman–Crippen LogP) is 2.24. The molecular formula is C9H7BrN2O4S. The first-order valence-corrected chi connectivity index (χ1v) is 7.15. The van der Waals surface area contributed by atoms with E-state index in [9.17, 15) is 18.5 Å². The number of H-pyrrole nitrogens is 1. The van der Waals surface area contributed by atoms with E-state index in [1.165, 1.54) is 18.2 Å². The number of fused-ring (bicyclic) bond motifs is 1. The van der Waals surface area contributed by atoms with Gasteiger partial charge in [0.25, 0.3) is 5.69 Å². The topological polar surface area (TPSA) is 93.1 Å². The molecule has 0 unspecified atom stereocenters. The second-order valence-corrected chi connectivity index (χ2v) is 6.27. The van der Waals surface area contributed by atoms with Crippen LogP contribution in [-0.4, -0.2) is 24.6 Å². The number of benzene rings is 1. The van der Waals surface area contributed by atoms with Crippen LogP contribution in [0.2, 0.25) is 0 Å². The molecule has 0 spiro atoms. The number of aromatic amines is 1. The fourth-order valence-corrected chi connectivity index (χ4v) is 3.55. The second-order valence-electron chi connectivity index (χ2n) is 3.53. The summed E-state index contributed by atoms with van der Waals surface area (Å²) in [6.45, 7) is 0. The first-order valence-electron chi connectivity index (χ1n) is 4.46. The Morgan fingerprint density at radius 3 is 2.59 bits per heavy atom. The van der Waals surface area contributed by atoms with Crippen molar-refractivity contribution in [3.8, 4) is 0 Å². The number of aromatic nitrogens is 1. The van der Waals surface area contributed by atoms with Crippen molar-refractivity contribution < 1.29 is 13.3 Å². The third-order valence-electron chi connectivity index (χ3n) is 2.27. The van der Waals surface area contributed by atoms with Gasteiger partial charge in [-0.15, -0.1) is 0 Å². The average Bonchev–Trinajstić information content (AvgIpc) is 2.55. The Hall–Kier alpha value is -1.41. The lowest BCUT2D eigenvalue weighted by Crippen LogP contribution is -1.97. The van der Waals surface area contributed by atoms with Crippen molar-refractivity contribution in [3.05, 3.63) is 32.8 Å². The summed E-state index contributed by atoms with van der Waals surface area (Å²) in [7, 11) is -3.40. The third kappa shape index (κ3) is 2.05. The number of hydrogen-bond donors (Lipinski definition) is 1. The zero-order valence-corrected chi connectivity index (χ0v) is 11.0. The third-order valence-corrected chi connectivity index (χ3v) is 4.40. The molecule has 90 valence electrons. The zero-order valence-electron chi connectivity index (χ0n) is 8.60. The van der Waals surface area contributed by atoms with Crippen molar-refractivity contribution in [2.24, 2.45) is 0 Å². The lowest BCUT2D eigenvalue weighted by molar-refractivity contribution is -0.384. The standard InChI is InChI=1S/C9H7BrN2O4S/c1-17(15,16)9-8(10)6-3-2-5(12(13)14)4-7(6)11-9/h2-4,11H,1H3. The Morgan fingerprint density at radius 2 is 2.06 bits per heavy atom. The van der Waals surface area contributed by atoms with Crippen molar-refractivity contribution >= 4 is 42.4 Å². The van der Waals surface area contributed by atoms with Gasteiger partial charge in [-0.2, -0.15) is 0 Å². The Kier molecular flexibility index (Phi) is 2.70. The summed E-state index contributed by atoms with van der Waals surface area (Å²) in [4.78, 5) is 12.7. The fraction of sp³-hybridized carbons (Fsp3) is 0.111. The molecule has 8 heteroatoms. The van der Waals surface area contributed by atoms with E-state index in [2.05, 4.69) is 20.9 Å². The van der Waals surface area contributed by atoms with Crippen molar-refractivity contribution in [1.82, 2.24) is 4.98 Å². The minimum absolute atomic E-state index is 0.0213. The van der Waals surface area contributed by atoms with Gasteiger partial charge >= 0.3 is 0 Å². The van der Waals surface area contributed by atoms with E-state index < -0.39 is 14.8 Å². The summed E-state index contributed by atoms with van der Waals surface area (Å²) < 4.78 is 23.3. The van der Waals surface area contributed by atoms with Crippen molar-refractivity contribution in [1.29, 1.82) is 0 Å². The van der Waals surface area contributed by atoms with E-state index in [1.54, 1.807) is 0 Å². The van der Waals surface area contributed by atoms with Gasteiger partial charge in [0.15, 0.2) is 9.84 Å². The first-order chi connectivity index (χ1) is 7.80. The van der Waals surface area contributed by atoms with Crippen LogP contribution >= 0.6 is 15.9 Å². The average molecular weight is 319 g/mol. The van der Waals surface area contributed by atoms with Gasteiger partial charge in [0.2, 0.25) is 0 Å². The van der Waals surface area contributed by atoms with E-state index in [-0.39, 0.29) is 10.7 Å². The summed E-state index contributed by atoms with van der Waals surface area (Å²) >= 11 is 3.17. The number of halogens is 1. The van der Waals surface area contributed by atoms with Crippen molar-refractivity contribution in [3.63, 3.8) is 0 Å². The van der Waals surface area contributed by atoms with Gasteiger partial charge in [0, 0.05) is 23.8 Å². The minimum atomic E-state index is -3.40. The summed E-state index contributed by atoms with van der Waals surface area (Å²) in [5.74, 6) is 0. The normalized spacial score (nSPS) is 11.9. The quantitative estimate of drug-likeness (QED) is 0.678. The first kappa shape index (κ1) is 12.1. The van der Waals surface area contributed by atoms with E-state index in [0.29, 0.717) is 15.4 Å². The number of hydrogen-bond acceptors (Lipinski definition) is 4. The van der Waals surface area contributed by atoms with Crippen LogP contribution in [0.4, 0.5) is 5.69 Å². The largest absolute Gasteiger partial charge is 0.344 e. The molecule has 0 fully saturated rings. The number of rotatable bonds is 2. The van der Waals surface area contributed by atoms with E-state index in [1.807, 2.05) is 0 Å². The molecule has 0 bridgehead atoms. The molecule has 1 heterocycles. The fourth-order valence-electron chi connectivity index (χ4n) is 1.50. The van der Waals surface area contributed by atoms with Gasteiger partial charge in [-0.25, -0.2) is 8.42 Å². The number of nitrogens with one attached hydrogen (secondary N) is 1. The van der Waals surface area contributed by atoms with Crippen LogP contribution < -0.4 is 0 Å². The predicted molar refractivity (Wildman–Crippen MR) is 65.8 cm³/mol. The molecule has 0 aliphatic rings. The number of sulfone groups is 1. The summed E-state index contributed by atoms with van der Waals surface area (Å²) in [5, 5.41) is 11.2. The lowest BCUT2D eigenvalue weighted by Gasteiger charge is -1.92. The maximum atomic E-state index is 11.4. The molecule has 0 aliphatic carbocycles. The van der Waals surface area contributed by atoms with Gasteiger partial charge < -0.3 is 4.98 Å². The van der Waals surface area contributed by atoms with Gasteiger partial charge in [0.05, 0.1) is 14.9 Å². The van der Waals surface area contributed by atoms with E-state index in [0.717, 1.165) is 6.26 Å². The van der Waals surface area contributed by atoms with Crippen LogP contribution in [0.1, 0.15) is 0 Å². The van der Waals surface area contributed by atoms with Gasteiger partial charge in [-0.3, -0.25) is 10.1 Å². The highest BCUT2D eigenvalue weighted by Crippen LogP contribution is 2.32. The molecule has 0 aliphatic heterocycles. The smallest absolute Gasteiger partial charge is 0.271 e. The molecule has 1 N–H and O–H groups in total. The molecule has 1 aromatic heterocycles. The van der Waals surface area contributed by atoms with Crippen LogP contribution in [0.3, 0.4) is 0 Å². The highest BCUT2D eigenvalue weighted by Gasteiger charge is 2.19. The highest BCUT2D eigenvalue weighted by molar-refractivity contribution is 9.10. The number of nitro groups is 1. The Labute approximate surface area is 105 Å². The zero-order chi connectivity index (χ0) is 12.8. The van der Waals surface area contributed by atoms with Crippen LogP contribution in [0.5, 0.6) is 0 Å². The molecule has 0 saturated carbocycles. The second kappa shape index (κ2) is 3.81. The molecule has 0 radical (unpaired) electrons. The molecule has 2 rings (SSSR count). The number of non-ortho nitro benzene ring substituents is 1. The summed E-state index contributed by atoms with van der Waals surface area (Å²) in [5.41, 5.74) is 0.317. The molecule has 17 heavy (non-hydrogen) atoms. The molecule has 0 atom stereocenters. The Balaban J connectivity index is 2.79. The van der Waals surface area contributed by atoms with Crippen LogP contribution in [0.25, 0.3) is 10.9 Å². The maximum Gasteiger partial charge on any atom is 0.271 e. The van der Waals surface area contributed by atoms with Gasteiger partial charge in [-0.05, 0) is 22.0 Å². The van der Waals surface area contributed by atoms with Crippen molar-refractivity contribution in [2.45, 2.75) is 5.03 Å². The Bertz CT molecular complexity index is 720. The molecule has 1 aromatic carbocycles. The van der Waals surface area contributed by atoms with E-state index in [4.69, 9.17) is 0 Å². The molecular weight excluding hydrogens is 312 g/mol. The maximum absolute atomic E-state index is 11.4. The van der Waals surface area contributed by atoms with Crippen LogP contribution in [0, 0.1) is 10.1 Å². The minimum Gasteiger partial charge on any atom is -0.344 e. The summed E-state index contributed by atoms with van der Waals surface area (Å²) in [6, 6.07) is 4.13. The van der Waals surface area contributed by atoms with Crippen LogP contribution in [-0.2, 0) is 9.84 Å².